The SMILES string of the molecule is Cc1ccc(C(=O)NCCCSc2ccccc2)cc1F. The van der Waals surface area contributed by atoms with Crippen LogP contribution >= 0.6 is 11.8 Å². The fraction of sp³-hybridized carbons (Fsp3) is 0.235. The molecule has 0 unspecified atom stereocenters. The van der Waals surface area contributed by atoms with Crippen LogP contribution in [0.1, 0.15) is 22.3 Å². The van der Waals surface area contributed by atoms with Crippen molar-refractivity contribution in [3.8, 4) is 0 Å². The molecule has 0 aliphatic rings. The maximum absolute atomic E-state index is 13.4. The molecule has 0 fully saturated rings. The topological polar surface area (TPSA) is 29.1 Å². The Hall–Kier alpha value is -1.81. The lowest BCUT2D eigenvalue weighted by Crippen LogP contribution is -2.24. The van der Waals surface area contributed by atoms with E-state index in [1.807, 2.05) is 18.2 Å². The first-order chi connectivity index (χ1) is 10.2. The normalized spacial score (nSPS) is 10.4. The average Bonchev–Trinajstić information content (AvgIpc) is 2.50. The molecule has 1 amide bonds. The van der Waals surface area contributed by atoms with Crippen LogP contribution in [0.4, 0.5) is 4.39 Å². The Bertz CT molecular complexity index is 601. The van der Waals surface area contributed by atoms with Gasteiger partial charge in [-0.1, -0.05) is 24.3 Å². The summed E-state index contributed by atoms with van der Waals surface area (Å²) < 4.78 is 13.4. The van der Waals surface area contributed by atoms with E-state index in [1.165, 1.54) is 11.0 Å². The molecule has 0 heterocycles. The van der Waals surface area contributed by atoms with Crippen LogP contribution < -0.4 is 5.32 Å². The number of halogens is 1. The van der Waals surface area contributed by atoms with Gasteiger partial charge in [0.05, 0.1) is 0 Å². The van der Waals surface area contributed by atoms with E-state index < -0.39 is 0 Å². The van der Waals surface area contributed by atoms with Crippen molar-refractivity contribution in [2.75, 3.05) is 12.3 Å². The van der Waals surface area contributed by atoms with Gasteiger partial charge in [0.15, 0.2) is 0 Å². The summed E-state index contributed by atoms with van der Waals surface area (Å²) in [6.07, 6.45) is 0.875. The zero-order valence-corrected chi connectivity index (χ0v) is 12.8. The third-order valence-electron chi connectivity index (χ3n) is 3.05. The van der Waals surface area contributed by atoms with Crippen molar-refractivity contribution in [3.63, 3.8) is 0 Å². The zero-order chi connectivity index (χ0) is 15.1. The molecule has 0 saturated carbocycles. The molecule has 21 heavy (non-hydrogen) atoms. The summed E-state index contributed by atoms with van der Waals surface area (Å²) in [7, 11) is 0. The highest BCUT2D eigenvalue weighted by atomic mass is 32.2. The van der Waals surface area contributed by atoms with Gasteiger partial charge in [0.2, 0.25) is 0 Å². The van der Waals surface area contributed by atoms with Crippen LogP contribution in [0.5, 0.6) is 0 Å². The minimum Gasteiger partial charge on any atom is -0.352 e. The summed E-state index contributed by atoms with van der Waals surface area (Å²) >= 11 is 1.76. The number of carbonyl (C=O) groups is 1. The monoisotopic (exact) mass is 303 g/mol. The molecule has 0 saturated heterocycles. The van der Waals surface area contributed by atoms with E-state index in [2.05, 4.69) is 17.4 Å². The van der Waals surface area contributed by atoms with Crippen molar-refractivity contribution >= 4 is 17.7 Å². The van der Waals surface area contributed by atoms with E-state index in [4.69, 9.17) is 0 Å². The van der Waals surface area contributed by atoms with Gasteiger partial charge in [0.1, 0.15) is 5.82 Å². The second-order valence-electron chi connectivity index (χ2n) is 4.73. The number of benzene rings is 2. The average molecular weight is 303 g/mol. The van der Waals surface area contributed by atoms with Crippen molar-refractivity contribution in [2.45, 2.75) is 18.2 Å². The van der Waals surface area contributed by atoms with Crippen molar-refractivity contribution < 1.29 is 9.18 Å². The van der Waals surface area contributed by atoms with Gasteiger partial charge < -0.3 is 5.32 Å². The van der Waals surface area contributed by atoms with Crippen molar-refractivity contribution in [2.24, 2.45) is 0 Å². The first-order valence-corrected chi connectivity index (χ1v) is 7.87. The highest BCUT2D eigenvalue weighted by molar-refractivity contribution is 7.99. The molecule has 0 aromatic heterocycles. The van der Waals surface area contributed by atoms with Crippen LogP contribution in [0.3, 0.4) is 0 Å². The van der Waals surface area contributed by atoms with Crippen molar-refractivity contribution in [1.82, 2.24) is 5.32 Å². The predicted molar refractivity (Wildman–Crippen MR) is 85.3 cm³/mol. The van der Waals surface area contributed by atoms with Crippen molar-refractivity contribution in [3.05, 3.63) is 65.5 Å². The summed E-state index contributed by atoms with van der Waals surface area (Å²) in [6, 6.07) is 14.7. The van der Waals surface area contributed by atoms with Crippen molar-refractivity contribution in [1.29, 1.82) is 0 Å². The van der Waals surface area contributed by atoms with Gasteiger partial charge in [-0.15, -0.1) is 11.8 Å². The summed E-state index contributed by atoms with van der Waals surface area (Å²) in [6.45, 7) is 2.27. The van der Waals surface area contributed by atoms with E-state index in [0.29, 0.717) is 17.7 Å². The Kier molecular flexibility index (Phi) is 5.81. The number of hydrogen-bond donors (Lipinski definition) is 1. The number of nitrogens with one attached hydrogen (secondary N) is 1. The second-order valence-corrected chi connectivity index (χ2v) is 5.90. The molecule has 0 aliphatic heterocycles. The zero-order valence-electron chi connectivity index (χ0n) is 11.9. The molecule has 0 spiro atoms. The maximum Gasteiger partial charge on any atom is 0.251 e. The van der Waals surface area contributed by atoms with Gasteiger partial charge in [-0.25, -0.2) is 4.39 Å². The van der Waals surface area contributed by atoms with E-state index in [0.717, 1.165) is 12.2 Å². The van der Waals surface area contributed by atoms with Gasteiger partial charge in [0, 0.05) is 17.0 Å². The van der Waals surface area contributed by atoms with Crippen LogP contribution in [-0.4, -0.2) is 18.2 Å². The first kappa shape index (κ1) is 15.6. The molecule has 110 valence electrons. The number of rotatable bonds is 6. The largest absolute Gasteiger partial charge is 0.352 e. The molecule has 2 aromatic rings. The Balaban J connectivity index is 1.71. The molecule has 2 nitrogen and oxygen atoms in total. The molecule has 0 radical (unpaired) electrons. The van der Waals surface area contributed by atoms with Gasteiger partial charge >= 0.3 is 0 Å². The molecule has 0 atom stereocenters. The van der Waals surface area contributed by atoms with E-state index in [1.54, 1.807) is 30.8 Å². The summed E-state index contributed by atoms with van der Waals surface area (Å²) in [5.74, 6) is 0.368. The number of carbonyl (C=O) groups excluding carboxylic acids is 1. The minimum atomic E-state index is -0.345. The van der Waals surface area contributed by atoms with Gasteiger partial charge in [-0.3, -0.25) is 4.79 Å². The molecule has 1 N–H and O–H groups in total. The molecule has 2 aromatic carbocycles. The van der Waals surface area contributed by atoms with Crippen LogP contribution in [0, 0.1) is 12.7 Å². The lowest BCUT2D eigenvalue weighted by Gasteiger charge is -2.06. The fourth-order valence-corrected chi connectivity index (χ4v) is 2.69. The Morgan fingerprint density at radius 1 is 1.19 bits per heavy atom. The van der Waals surface area contributed by atoms with Gasteiger partial charge in [-0.2, -0.15) is 0 Å². The Labute approximate surface area is 128 Å². The molecule has 0 bridgehead atoms. The highest BCUT2D eigenvalue weighted by Gasteiger charge is 2.07. The van der Waals surface area contributed by atoms with Crippen LogP contribution in [-0.2, 0) is 0 Å². The molecule has 0 aliphatic carbocycles. The fourth-order valence-electron chi connectivity index (χ4n) is 1.82. The number of amides is 1. The van der Waals surface area contributed by atoms with E-state index in [9.17, 15) is 9.18 Å². The molecular weight excluding hydrogens is 285 g/mol. The van der Waals surface area contributed by atoms with E-state index >= 15 is 0 Å². The predicted octanol–water partition coefficient (Wildman–Crippen LogP) is 4.05. The third kappa shape index (κ3) is 4.90. The Morgan fingerprint density at radius 2 is 1.95 bits per heavy atom. The summed E-state index contributed by atoms with van der Waals surface area (Å²) in [5.41, 5.74) is 0.916. The number of hydrogen-bond acceptors (Lipinski definition) is 2. The van der Waals surface area contributed by atoms with E-state index in [-0.39, 0.29) is 11.7 Å². The number of aryl methyl sites for hydroxylation is 1. The molecule has 4 heteroatoms. The van der Waals surface area contributed by atoms with Crippen LogP contribution in [0.15, 0.2) is 53.4 Å². The number of thioether (sulfide) groups is 1. The van der Waals surface area contributed by atoms with Crippen LogP contribution in [0.25, 0.3) is 0 Å². The first-order valence-electron chi connectivity index (χ1n) is 6.89. The highest BCUT2D eigenvalue weighted by Crippen LogP contribution is 2.17. The molecular formula is C17H18FNOS. The standard InChI is InChI=1S/C17H18FNOS/c1-13-8-9-14(12-16(13)18)17(20)19-10-5-11-21-15-6-3-2-4-7-15/h2-4,6-9,12H,5,10-11H2,1H3,(H,19,20). The van der Waals surface area contributed by atoms with Crippen LogP contribution in [0.2, 0.25) is 0 Å². The maximum atomic E-state index is 13.4. The summed E-state index contributed by atoms with van der Waals surface area (Å²) in [4.78, 5) is 13.1. The Morgan fingerprint density at radius 3 is 2.67 bits per heavy atom. The minimum absolute atomic E-state index is 0.224. The lowest BCUT2D eigenvalue weighted by atomic mass is 10.1. The molecule has 2 rings (SSSR count). The lowest BCUT2D eigenvalue weighted by molar-refractivity contribution is 0.0953. The second kappa shape index (κ2) is 7.84. The van der Waals surface area contributed by atoms with Gasteiger partial charge in [-0.05, 0) is 48.9 Å². The quantitative estimate of drug-likeness (QED) is 0.644. The smallest absolute Gasteiger partial charge is 0.251 e. The van der Waals surface area contributed by atoms with Gasteiger partial charge in [0.25, 0.3) is 5.91 Å². The summed E-state index contributed by atoms with van der Waals surface area (Å²) in [5, 5.41) is 2.81. The third-order valence-corrected chi connectivity index (χ3v) is 4.15.